The molecular formula is C16H20F3N5O2. The van der Waals surface area contributed by atoms with Gasteiger partial charge in [0.05, 0.1) is 11.9 Å². The highest BCUT2D eigenvalue weighted by Gasteiger charge is 2.33. The molecule has 10 heteroatoms. The predicted molar refractivity (Wildman–Crippen MR) is 85.8 cm³/mol. The Bertz CT molecular complexity index is 718. The maximum absolute atomic E-state index is 12.7. The maximum Gasteiger partial charge on any atom is 0.406 e. The Hall–Kier alpha value is -2.49. The monoisotopic (exact) mass is 371 g/mol. The Morgan fingerprint density at radius 1 is 1.31 bits per heavy atom. The van der Waals surface area contributed by atoms with Crippen molar-refractivity contribution in [2.45, 2.75) is 32.7 Å². The number of nitrogens with zero attached hydrogens (tertiary/aromatic N) is 5. The van der Waals surface area contributed by atoms with Crippen LogP contribution in [0.15, 0.2) is 30.6 Å². The number of alkyl halides is 3. The first-order chi connectivity index (χ1) is 12.2. The van der Waals surface area contributed by atoms with E-state index in [1.165, 1.54) is 12.4 Å². The van der Waals surface area contributed by atoms with Crippen LogP contribution in [0.25, 0.3) is 0 Å². The Labute approximate surface area is 148 Å². The largest absolute Gasteiger partial charge is 0.406 e. The third-order valence-corrected chi connectivity index (χ3v) is 3.41. The number of aliphatic hydroxyl groups is 1. The van der Waals surface area contributed by atoms with Gasteiger partial charge in [0.25, 0.3) is 0 Å². The molecule has 0 aliphatic heterocycles. The van der Waals surface area contributed by atoms with Gasteiger partial charge >= 0.3 is 6.18 Å². The van der Waals surface area contributed by atoms with Gasteiger partial charge in [-0.15, -0.1) is 5.10 Å². The normalized spacial score (nSPS) is 13.0. The number of carbonyl (C=O) groups excluding carboxylic acids is 1. The fraction of sp³-hybridized carbons (Fsp3) is 0.500. The second-order valence-electron chi connectivity index (χ2n) is 6.28. The molecule has 2 rings (SSSR count). The van der Waals surface area contributed by atoms with Gasteiger partial charge in [-0.1, -0.05) is 25.1 Å². The molecule has 1 N–H and O–H groups in total. The highest BCUT2D eigenvalue weighted by atomic mass is 19.4. The predicted octanol–water partition coefficient (Wildman–Crippen LogP) is 1.80. The lowest BCUT2D eigenvalue weighted by Crippen LogP contribution is -2.42. The first-order valence-corrected chi connectivity index (χ1v) is 7.99. The lowest BCUT2D eigenvalue weighted by molar-refractivity contribution is -0.162. The van der Waals surface area contributed by atoms with Gasteiger partial charge in [-0.25, -0.2) is 4.68 Å². The zero-order valence-electron chi connectivity index (χ0n) is 14.4. The molecule has 0 aliphatic carbocycles. The van der Waals surface area contributed by atoms with E-state index >= 15 is 0 Å². The van der Waals surface area contributed by atoms with Crippen LogP contribution in [0.3, 0.4) is 0 Å². The molecule has 0 aromatic carbocycles. The smallest absolute Gasteiger partial charge is 0.380 e. The van der Waals surface area contributed by atoms with E-state index in [0.29, 0.717) is 5.69 Å². The minimum absolute atomic E-state index is 0.0174. The SMILES string of the molecule is CC(C)CN(CC(F)(F)F)C(=O)Cn1cc(C(O)c2ccccn2)nn1. The highest BCUT2D eigenvalue weighted by Crippen LogP contribution is 2.19. The molecule has 1 amide bonds. The topological polar surface area (TPSA) is 84.1 Å². The van der Waals surface area contributed by atoms with E-state index in [9.17, 15) is 23.1 Å². The minimum atomic E-state index is -4.48. The number of aromatic nitrogens is 4. The van der Waals surface area contributed by atoms with Gasteiger partial charge < -0.3 is 10.0 Å². The van der Waals surface area contributed by atoms with Gasteiger partial charge in [-0.05, 0) is 18.1 Å². The Balaban J connectivity index is 2.07. The van der Waals surface area contributed by atoms with Crippen molar-refractivity contribution in [2.24, 2.45) is 5.92 Å². The van der Waals surface area contributed by atoms with Crippen molar-refractivity contribution in [1.82, 2.24) is 24.9 Å². The Morgan fingerprint density at radius 3 is 2.62 bits per heavy atom. The Kier molecular flexibility index (Phi) is 6.30. The zero-order valence-corrected chi connectivity index (χ0v) is 14.4. The summed E-state index contributed by atoms with van der Waals surface area (Å²) in [5.41, 5.74) is 0.507. The van der Waals surface area contributed by atoms with Crippen molar-refractivity contribution in [2.75, 3.05) is 13.1 Å². The number of hydrogen-bond acceptors (Lipinski definition) is 5. The van der Waals surface area contributed by atoms with Crippen molar-refractivity contribution in [3.8, 4) is 0 Å². The molecule has 2 heterocycles. The minimum Gasteiger partial charge on any atom is -0.380 e. The molecule has 0 spiro atoms. The summed E-state index contributed by atoms with van der Waals surface area (Å²) in [5.74, 6) is -0.835. The second kappa shape index (κ2) is 8.26. The van der Waals surface area contributed by atoms with Crippen LogP contribution >= 0.6 is 0 Å². The fourth-order valence-electron chi connectivity index (χ4n) is 2.36. The van der Waals surface area contributed by atoms with Gasteiger partial charge in [0.2, 0.25) is 5.91 Å². The molecule has 2 aromatic heterocycles. The molecule has 0 aliphatic rings. The molecule has 0 bridgehead atoms. The first-order valence-electron chi connectivity index (χ1n) is 7.99. The van der Waals surface area contributed by atoms with E-state index < -0.39 is 31.3 Å². The quantitative estimate of drug-likeness (QED) is 0.802. The number of rotatable bonds is 7. The van der Waals surface area contributed by atoms with E-state index in [4.69, 9.17) is 0 Å². The summed E-state index contributed by atoms with van der Waals surface area (Å²) in [5, 5.41) is 17.7. The standard InChI is InChI=1S/C16H20F3N5O2/c1-11(2)7-23(10-16(17,18)19)14(25)9-24-8-13(21-22-24)15(26)12-5-3-4-6-20-12/h3-6,8,11,15,26H,7,9-10H2,1-2H3. The van der Waals surface area contributed by atoms with E-state index in [0.717, 1.165) is 9.58 Å². The van der Waals surface area contributed by atoms with Gasteiger partial charge in [0.1, 0.15) is 24.9 Å². The van der Waals surface area contributed by atoms with Crippen molar-refractivity contribution in [3.63, 3.8) is 0 Å². The summed E-state index contributed by atoms with van der Waals surface area (Å²) in [6.45, 7) is 1.73. The number of halogens is 3. The Morgan fingerprint density at radius 2 is 2.04 bits per heavy atom. The van der Waals surface area contributed by atoms with Crippen LogP contribution < -0.4 is 0 Å². The third kappa shape index (κ3) is 5.80. The van der Waals surface area contributed by atoms with E-state index in [-0.39, 0.29) is 18.2 Å². The fourth-order valence-corrected chi connectivity index (χ4v) is 2.36. The van der Waals surface area contributed by atoms with Gasteiger partial charge in [-0.3, -0.25) is 9.78 Å². The molecule has 26 heavy (non-hydrogen) atoms. The number of pyridine rings is 1. The highest BCUT2D eigenvalue weighted by molar-refractivity contribution is 5.76. The average molecular weight is 371 g/mol. The summed E-state index contributed by atoms with van der Waals surface area (Å²) in [7, 11) is 0. The van der Waals surface area contributed by atoms with Crippen molar-refractivity contribution in [1.29, 1.82) is 0 Å². The van der Waals surface area contributed by atoms with Crippen molar-refractivity contribution >= 4 is 5.91 Å². The van der Waals surface area contributed by atoms with Crippen LogP contribution in [-0.4, -0.2) is 55.2 Å². The van der Waals surface area contributed by atoms with Crippen LogP contribution in [0.5, 0.6) is 0 Å². The van der Waals surface area contributed by atoms with Gasteiger partial charge in [0.15, 0.2) is 0 Å². The molecule has 0 radical (unpaired) electrons. The molecule has 1 atom stereocenters. The van der Waals surface area contributed by atoms with Gasteiger partial charge in [-0.2, -0.15) is 13.2 Å². The summed E-state index contributed by atoms with van der Waals surface area (Å²) in [6, 6.07) is 4.98. The molecule has 0 saturated carbocycles. The lowest BCUT2D eigenvalue weighted by atomic mass is 10.2. The van der Waals surface area contributed by atoms with Crippen LogP contribution in [-0.2, 0) is 11.3 Å². The molecule has 2 aromatic rings. The maximum atomic E-state index is 12.7. The second-order valence-corrected chi connectivity index (χ2v) is 6.28. The number of carbonyl (C=O) groups is 1. The number of aliphatic hydroxyl groups excluding tert-OH is 1. The summed E-state index contributed by atoms with van der Waals surface area (Å²) >= 11 is 0. The molecule has 0 fully saturated rings. The van der Waals surface area contributed by atoms with Crippen molar-refractivity contribution in [3.05, 3.63) is 42.0 Å². The van der Waals surface area contributed by atoms with E-state index in [1.807, 2.05) is 0 Å². The van der Waals surface area contributed by atoms with Crippen molar-refractivity contribution < 1.29 is 23.1 Å². The molecule has 7 nitrogen and oxygen atoms in total. The first kappa shape index (κ1) is 19.8. The number of hydrogen-bond donors (Lipinski definition) is 1. The molecule has 1 unspecified atom stereocenters. The summed E-state index contributed by atoms with van der Waals surface area (Å²) in [4.78, 5) is 17.0. The van der Waals surface area contributed by atoms with Crippen LogP contribution in [0, 0.1) is 5.92 Å². The van der Waals surface area contributed by atoms with Crippen LogP contribution in [0.4, 0.5) is 13.2 Å². The third-order valence-electron chi connectivity index (χ3n) is 3.41. The van der Waals surface area contributed by atoms with E-state index in [1.54, 1.807) is 32.0 Å². The lowest BCUT2D eigenvalue weighted by Gasteiger charge is -2.25. The van der Waals surface area contributed by atoms with Crippen LogP contribution in [0.2, 0.25) is 0 Å². The zero-order chi connectivity index (χ0) is 19.3. The number of amides is 1. The molecular weight excluding hydrogens is 351 g/mol. The van der Waals surface area contributed by atoms with E-state index in [2.05, 4.69) is 15.3 Å². The molecule has 0 saturated heterocycles. The average Bonchev–Trinajstić information content (AvgIpc) is 3.01. The summed E-state index contributed by atoms with van der Waals surface area (Å²) < 4.78 is 39.2. The summed E-state index contributed by atoms with van der Waals surface area (Å²) in [6.07, 6.45) is -2.79. The van der Waals surface area contributed by atoms with Crippen LogP contribution in [0.1, 0.15) is 31.3 Å². The molecule has 142 valence electrons. The van der Waals surface area contributed by atoms with Gasteiger partial charge in [0, 0.05) is 12.7 Å².